The van der Waals surface area contributed by atoms with Gasteiger partial charge in [-0.15, -0.1) is 11.3 Å². The van der Waals surface area contributed by atoms with Crippen LogP contribution in [-0.2, 0) is 0 Å². The zero-order chi connectivity index (χ0) is 18.1. The van der Waals surface area contributed by atoms with Gasteiger partial charge in [0.15, 0.2) is 0 Å². The highest BCUT2D eigenvalue weighted by molar-refractivity contribution is 7.19. The molecule has 0 amide bonds. The van der Waals surface area contributed by atoms with Crippen LogP contribution in [0.1, 0.15) is 4.88 Å². The summed E-state index contributed by atoms with van der Waals surface area (Å²) in [5.41, 5.74) is 4.58. The molecule has 0 bridgehead atoms. The summed E-state index contributed by atoms with van der Waals surface area (Å²) in [7, 11) is 4.08. The van der Waals surface area contributed by atoms with Crippen LogP contribution in [0.3, 0.4) is 0 Å². The lowest BCUT2D eigenvalue weighted by atomic mass is 10.0. The number of aromatic nitrogens is 2. The number of hydrogen-bond acceptors (Lipinski definition) is 5. The van der Waals surface area contributed by atoms with E-state index in [1.165, 1.54) is 21.7 Å². The van der Waals surface area contributed by atoms with Gasteiger partial charge >= 0.3 is 0 Å². The van der Waals surface area contributed by atoms with Crippen molar-refractivity contribution in [1.29, 1.82) is 0 Å². The number of aryl methyl sites for hydroxylation is 1. The first kappa shape index (κ1) is 16.5. The molecule has 0 fully saturated rings. The summed E-state index contributed by atoms with van der Waals surface area (Å²) in [6, 6.07) is 18.8. The van der Waals surface area contributed by atoms with E-state index in [1.807, 2.05) is 20.2 Å². The maximum atomic E-state index is 4.53. The maximum Gasteiger partial charge on any atom is 0.143 e. The van der Waals surface area contributed by atoms with Crippen molar-refractivity contribution in [3.05, 3.63) is 65.8 Å². The first-order chi connectivity index (χ1) is 12.6. The highest BCUT2D eigenvalue weighted by Crippen LogP contribution is 2.40. The van der Waals surface area contributed by atoms with Gasteiger partial charge in [0.05, 0.1) is 5.39 Å². The molecule has 2 aromatic carbocycles. The number of benzene rings is 2. The van der Waals surface area contributed by atoms with Gasteiger partial charge in [-0.2, -0.15) is 0 Å². The molecule has 0 aliphatic rings. The molecule has 0 saturated carbocycles. The van der Waals surface area contributed by atoms with Crippen LogP contribution in [-0.4, -0.2) is 24.1 Å². The quantitative estimate of drug-likeness (QED) is 0.523. The van der Waals surface area contributed by atoms with Gasteiger partial charge in [0.25, 0.3) is 0 Å². The van der Waals surface area contributed by atoms with Crippen LogP contribution in [0, 0.1) is 6.92 Å². The summed E-state index contributed by atoms with van der Waals surface area (Å²) in [6.07, 6.45) is 1.63. The third-order valence-corrected chi connectivity index (χ3v) is 5.39. The highest BCUT2D eigenvalue weighted by atomic mass is 32.1. The Kier molecular flexibility index (Phi) is 4.31. The van der Waals surface area contributed by atoms with E-state index >= 15 is 0 Å². The fourth-order valence-electron chi connectivity index (χ4n) is 3.07. The molecule has 4 nitrogen and oxygen atoms in total. The summed E-state index contributed by atoms with van der Waals surface area (Å²) in [5, 5.41) is 4.55. The summed E-state index contributed by atoms with van der Waals surface area (Å²) in [5.74, 6) is 0.843. The number of thiophene rings is 1. The van der Waals surface area contributed by atoms with E-state index in [-0.39, 0.29) is 0 Å². The molecular formula is C21H20N4S. The lowest BCUT2D eigenvalue weighted by Gasteiger charge is -2.13. The molecule has 130 valence electrons. The van der Waals surface area contributed by atoms with E-state index in [0.717, 1.165) is 21.7 Å². The molecule has 0 saturated heterocycles. The minimum atomic E-state index is 0.843. The second kappa shape index (κ2) is 6.77. The fourth-order valence-corrected chi connectivity index (χ4v) is 4.08. The van der Waals surface area contributed by atoms with Crippen LogP contribution in [0.4, 0.5) is 17.2 Å². The number of rotatable bonds is 4. The number of nitrogens with one attached hydrogen (secondary N) is 1. The minimum Gasteiger partial charge on any atom is -0.378 e. The third kappa shape index (κ3) is 3.02. The molecule has 5 heteroatoms. The number of fused-ring (bicyclic) bond motifs is 1. The fraction of sp³-hybridized carbons (Fsp3) is 0.143. The van der Waals surface area contributed by atoms with Crippen molar-refractivity contribution in [3.8, 4) is 11.1 Å². The third-order valence-electron chi connectivity index (χ3n) is 4.37. The molecule has 1 N–H and O–H groups in total. The molecule has 0 spiro atoms. The molecule has 0 aliphatic heterocycles. The topological polar surface area (TPSA) is 41.1 Å². The summed E-state index contributed by atoms with van der Waals surface area (Å²) in [6.45, 7) is 2.14. The second-order valence-corrected chi connectivity index (χ2v) is 7.57. The van der Waals surface area contributed by atoms with Crippen molar-refractivity contribution in [1.82, 2.24) is 9.97 Å². The van der Waals surface area contributed by atoms with E-state index in [2.05, 4.69) is 75.6 Å². The molecule has 4 aromatic rings. The van der Waals surface area contributed by atoms with Crippen LogP contribution in [0.25, 0.3) is 21.3 Å². The molecular weight excluding hydrogens is 340 g/mol. The van der Waals surface area contributed by atoms with Gasteiger partial charge in [-0.3, -0.25) is 0 Å². The van der Waals surface area contributed by atoms with Gasteiger partial charge in [-0.1, -0.05) is 30.3 Å². The first-order valence-corrected chi connectivity index (χ1v) is 9.29. The van der Waals surface area contributed by atoms with E-state index in [0.29, 0.717) is 0 Å². The number of nitrogens with zero attached hydrogens (tertiary/aromatic N) is 3. The average Bonchev–Trinajstić information content (AvgIpc) is 3.00. The molecule has 26 heavy (non-hydrogen) atoms. The summed E-state index contributed by atoms with van der Waals surface area (Å²) < 4.78 is 0. The Hall–Kier alpha value is -2.92. The molecule has 0 unspecified atom stereocenters. The molecule has 0 atom stereocenters. The van der Waals surface area contributed by atoms with Crippen molar-refractivity contribution in [2.75, 3.05) is 24.3 Å². The smallest absolute Gasteiger partial charge is 0.143 e. The van der Waals surface area contributed by atoms with Crippen LogP contribution in [0.2, 0.25) is 0 Å². The van der Waals surface area contributed by atoms with Gasteiger partial charge in [-0.25, -0.2) is 9.97 Å². The Morgan fingerprint density at radius 3 is 2.35 bits per heavy atom. The Bertz CT molecular complexity index is 1040. The van der Waals surface area contributed by atoms with Crippen molar-refractivity contribution in [2.45, 2.75) is 6.92 Å². The number of hydrogen-bond donors (Lipinski definition) is 1. The Balaban J connectivity index is 1.80. The summed E-state index contributed by atoms with van der Waals surface area (Å²) in [4.78, 5) is 13.4. The first-order valence-electron chi connectivity index (χ1n) is 8.47. The SMILES string of the molecule is Cc1sc2ncnc(Nc3ccc(N(C)C)cc3)c2c1-c1ccccc1. The van der Waals surface area contributed by atoms with E-state index in [9.17, 15) is 0 Å². The predicted molar refractivity (Wildman–Crippen MR) is 112 cm³/mol. The Labute approximate surface area is 157 Å². The van der Waals surface area contributed by atoms with Crippen LogP contribution < -0.4 is 10.2 Å². The summed E-state index contributed by atoms with van der Waals surface area (Å²) >= 11 is 1.71. The molecule has 2 heterocycles. The van der Waals surface area contributed by atoms with Crippen molar-refractivity contribution < 1.29 is 0 Å². The van der Waals surface area contributed by atoms with Crippen molar-refractivity contribution in [2.24, 2.45) is 0 Å². The standard InChI is InChI=1S/C21H20N4S/c1-14-18(15-7-5-4-6-8-15)19-20(22-13-23-21(19)26-14)24-16-9-11-17(12-10-16)25(2)3/h4-13H,1-3H3,(H,22,23,24). The van der Waals surface area contributed by atoms with E-state index < -0.39 is 0 Å². The van der Waals surface area contributed by atoms with Crippen molar-refractivity contribution >= 4 is 38.7 Å². The lowest BCUT2D eigenvalue weighted by Crippen LogP contribution is -2.08. The Morgan fingerprint density at radius 1 is 0.923 bits per heavy atom. The molecule has 0 radical (unpaired) electrons. The Morgan fingerprint density at radius 2 is 1.65 bits per heavy atom. The number of anilines is 3. The zero-order valence-electron chi connectivity index (χ0n) is 15.0. The highest BCUT2D eigenvalue weighted by Gasteiger charge is 2.16. The molecule has 4 rings (SSSR count). The largest absolute Gasteiger partial charge is 0.378 e. The van der Waals surface area contributed by atoms with Gasteiger partial charge in [0.1, 0.15) is 17.0 Å². The van der Waals surface area contributed by atoms with Crippen LogP contribution in [0.15, 0.2) is 60.9 Å². The normalized spacial score (nSPS) is 10.9. The monoisotopic (exact) mass is 360 g/mol. The average molecular weight is 360 g/mol. The minimum absolute atomic E-state index is 0.843. The van der Waals surface area contributed by atoms with Crippen molar-refractivity contribution in [3.63, 3.8) is 0 Å². The lowest BCUT2D eigenvalue weighted by molar-refractivity contribution is 1.13. The van der Waals surface area contributed by atoms with E-state index in [1.54, 1.807) is 17.7 Å². The van der Waals surface area contributed by atoms with Gasteiger partial charge in [0.2, 0.25) is 0 Å². The van der Waals surface area contributed by atoms with Crippen LogP contribution in [0.5, 0.6) is 0 Å². The maximum absolute atomic E-state index is 4.53. The molecule has 2 aromatic heterocycles. The second-order valence-electron chi connectivity index (χ2n) is 6.37. The molecule has 0 aliphatic carbocycles. The van der Waals surface area contributed by atoms with Gasteiger partial charge in [0, 0.05) is 35.9 Å². The van der Waals surface area contributed by atoms with Crippen LogP contribution >= 0.6 is 11.3 Å². The van der Waals surface area contributed by atoms with Gasteiger partial charge < -0.3 is 10.2 Å². The zero-order valence-corrected chi connectivity index (χ0v) is 15.8. The predicted octanol–water partition coefficient (Wildman–Crippen LogP) is 5.48. The van der Waals surface area contributed by atoms with E-state index in [4.69, 9.17) is 0 Å². The van der Waals surface area contributed by atoms with Gasteiger partial charge in [-0.05, 0) is 36.8 Å².